The Balaban J connectivity index is 2.40. The van der Waals surface area contributed by atoms with E-state index in [0.717, 1.165) is 6.20 Å². The minimum atomic E-state index is -0.576. The number of carbonyl (C=O) groups is 1. The monoisotopic (exact) mass is 228 g/mol. The molecule has 0 aliphatic carbocycles. The second-order valence-electron chi connectivity index (χ2n) is 3.08. The molecule has 8 heteroatoms. The zero-order valence-electron chi connectivity index (χ0n) is 8.50. The van der Waals surface area contributed by atoms with E-state index in [4.69, 9.17) is 5.11 Å². The van der Waals surface area contributed by atoms with Crippen molar-refractivity contribution >= 4 is 11.6 Å². The lowest BCUT2D eigenvalue weighted by Gasteiger charge is -2.03. The van der Waals surface area contributed by atoms with E-state index in [1.165, 1.54) is 10.9 Å². The molecule has 88 valence electrons. The predicted octanol–water partition coefficient (Wildman–Crippen LogP) is -0.710. The van der Waals surface area contributed by atoms with Crippen LogP contribution in [0.3, 0.4) is 0 Å². The van der Waals surface area contributed by atoms with Crippen LogP contribution in [0.15, 0.2) is 12.4 Å². The van der Waals surface area contributed by atoms with Crippen LogP contribution in [0.25, 0.3) is 0 Å². The van der Waals surface area contributed by atoms with Gasteiger partial charge in [0.25, 0.3) is 0 Å². The van der Waals surface area contributed by atoms with Gasteiger partial charge < -0.3 is 10.4 Å². The lowest BCUT2D eigenvalue weighted by Crippen LogP contribution is -2.28. The van der Waals surface area contributed by atoms with E-state index in [-0.39, 0.29) is 24.7 Å². The topological polar surface area (TPSA) is 110 Å². The third kappa shape index (κ3) is 3.65. The summed E-state index contributed by atoms with van der Waals surface area (Å²) in [6.07, 6.45) is 2.75. The fourth-order valence-corrected chi connectivity index (χ4v) is 1.04. The Bertz CT molecular complexity index is 376. The van der Waals surface area contributed by atoms with Crippen molar-refractivity contribution in [3.63, 3.8) is 0 Å². The third-order valence-corrected chi connectivity index (χ3v) is 1.79. The number of aliphatic hydroxyl groups is 1. The molecule has 1 amide bonds. The quantitative estimate of drug-likeness (QED) is 0.379. The zero-order valence-corrected chi connectivity index (χ0v) is 8.50. The molecule has 16 heavy (non-hydrogen) atoms. The van der Waals surface area contributed by atoms with Crippen LogP contribution < -0.4 is 5.32 Å². The van der Waals surface area contributed by atoms with Crippen molar-refractivity contribution in [1.29, 1.82) is 0 Å². The Morgan fingerprint density at radius 3 is 3.00 bits per heavy atom. The van der Waals surface area contributed by atoms with E-state index in [9.17, 15) is 14.9 Å². The average molecular weight is 228 g/mol. The summed E-state index contributed by atoms with van der Waals surface area (Å²) < 4.78 is 1.19. The fourth-order valence-electron chi connectivity index (χ4n) is 1.04. The first-order chi connectivity index (χ1) is 7.63. The maximum absolute atomic E-state index is 11.2. The SMILES string of the molecule is O=C(Cn1cc([N+](=O)[O-])cn1)NCCCO. The number of hydrogen-bond acceptors (Lipinski definition) is 5. The van der Waals surface area contributed by atoms with Crippen LogP contribution in [0.5, 0.6) is 0 Å². The highest BCUT2D eigenvalue weighted by molar-refractivity contribution is 5.75. The normalized spacial score (nSPS) is 10.1. The summed E-state index contributed by atoms with van der Waals surface area (Å²) >= 11 is 0. The van der Waals surface area contributed by atoms with Crippen LogP contribution >= 0.6 is 0 Å². The second kappa shape index (κ2) is 5.81. The minimum absolute atomic E-state index is 0.00746. The first-order valence-electron chi connectivity index (χ1n) is 4.68. The van der Waals surface area contributed by atoms with Crippen LogP contribution in [0.4, 0.5) is 5.69 Å². The number of rotatable bonds is 6. The number of carbonyl (C=O) groups excluding carboxylic acids is 1. The summed E-state index contributed by atoms with van der Waals surface area (Å²) in [4.78, 5) is 21.0. The van der Waals surface area contributed by atoms with E-state index in [2.05, 4.69) is 10.4 Å². The van der Waals surface area contributed by atoms with Gasteiger partial charge in [-0.3, -0.25) is 19.6 Å². The van der Waals surface area contributed by atoms with Crippen molar-refractivity contribution in [3.05, 3.63) is 22.5 Å². The van der Waals surface area contributed by atoms with Crippen molar-refractivity contribution in [2.75, 3.05) is 13.2 Å². The molecule has 0 aliphatic heterocycles. The molecule has 1 aromatic heterocycles. The lowest BCUT2D eigenvalue weighted by molar-refractivity contribution is -0.385. The molecule has 0 spiro atoms. The lowest BCUT2D eigenvalue weighted by atomic mass is 10.4. The number of hydrogen-bond donors (Lipinski definition) is 2. The largest absolute Gasteiger partial charge is 0.396 e. The highest BCUT2D eigenvalue weighted by Crippen LogP contribution is 2.07. The molecule has 0 aromatic carbocycles. The van der Waals surface area contributed by atoms with Crippen molar-refractivity contribution in [2.24, 2.45) is 0 Å². The highest BCUT2D eigenvalue weighted by Gasteiger charge is 2.10. The van der Waals surface area contributed by atoms with E-state index in [0.29, 0.717) is 13.0 Å². The van der Waals surface area contributed by atoms with Gasteiger partial charge in [0.05, 0.1) is 4.92 Å². The maximum Gasteiger partial charge on any atom is 0.307 e. The molecule has 0 aliphatic rings. The number of nitro groups is 1. The minimum Gasteiger partial charge on any atom is -0.396 e. The summed E-state index contributed by atoms with van der Waals surface area (Å²) in [5.41, 5.74) is -0.150. The number of amides is 1. The summed E-state index contributed by atoms with van der Waals surface area (Å²) in [5.74, 6) is -0.300. The van der Waals surface area contributed by atoms with Crippen molar-refractivity contribution in [3.8, 4) is 0 Å². The van der Waals surface area contributed by atoms with Gasteiger partial charge in [0, 0.05) is 13.2 Å². The smallest absolute Gasteiger partial charge is 0.307 e. The van der Waals surface area contributed by atoms with Crippen LogP contribution in [0.1, 0.15) is 6.42 Å². The van der Waals surface area contributed by atoms with Crippen LogP contribution in [0, 0.1) is 10.1 Å². The van der Waals surface area contributed by atoms with E-state index in [1.807, 2.05) is 0 Å². The summed E-state index contributed by atoms with van der Waals surface area (Å²) in [7, 11) is 0. The molecule has 1 rings (SSSR count). The molecule has 8 nitrogen and oxygen atoms in total. The van der Waals surface area contributed by atoms with Gasteiger partial charge in [0.2, 0.25) is 5.91 Å². The zero-order chi connectivity index (χ0) is 12.0. The van der Waals surface area contributed by atoms with Gasteiger partial charge in [-0.05, 0) is 6.42 Å². The average Bonchev–Trinajstić information content (AvgIpc) is 2.66. The van der Waals surface area contributed by atoms with E-state index < -0.39 is 4.92 Å². The van der Waals surface area contributed by atoms with Crippen LogP contribution in [0.2, 0.25) is 0 Å². The predicted molar refractivity (Wildman–Crippen MR) is 53.6 cm³/mol. The summed E-state index contributed by atoms with van der Waals surface area (Å²) in [6, 6.07) is 0. The molecule has 0 unspecified atom stereocenters. The first kappa shape index (κ1) is 12.1. The van der Waals surface area contributed by atoms with Crippen LogP contribution in [-0.4, -0.2) is 38.9 Å². The molecule has 0 saturated heterocycles. The molecule has 0 fully saturated rings. The molecule has 0 bridgehead atoms. The van der Waals surface area contributed by atoms with Gasteiger partial charge in [-0.15, -0.1) is 0 Å². The van der Waals surface area contributed by atoms with Gasteiger partial charge >= 0.3 is 5.69 Å². The second-order valence-corrected chi connectivity index (χ2v) is 3.08. The van der Waals surface area contributed by atoms with Gasteiger partial charge in [0.1, 0.15) is 18.9 Å². The number of aromatic nitrogens is 2. The molecular weight excluding hydrogens is 216 g/mol. The van der Waals surface area contributed by atoms with Gasteiger partial charge in [-0.2, -0.15) is 5.10 Å². The Labute approximate surface area is 91.0 Å². The highest BCUT2D eigenvalue weighted by atomic mass is 16.6. The maximum atomic E-state index is 11.2. The number of nitrogens with zero attached hydrogens (tertiary/aromatic N) is 3. The third-order valence-electron chi connectivity index (χ3n) is 1.79. The van der Waals surface area contributed by atoms with Crippen molar-refractivity contribution in [2.45, 2.75) is 13.0 Å². The molecule has 0 saturated carbocycles. The Kier molecular flexibility index (Phi) is 4.40. The first-order valence-corrected chi connectivity index (χ1v) is 4.68. The van der Waals surface area contributed by atoms with Crippen molar-refractivity contribution in [1.82, 2.24) is 15.1 Å². The molecule has 1 heterocycles. The number of nitrogens with one attached hydrogen (secondary N) is 1. The molecule has 2 N–H and O–H groups in total. The molecule has 1 aromatic rings. The van der Waals surface area contributed by atoms with Gasteiger partial charge in [0.15, 0.2) is 0 Å². The Hall–Kier alpha value is -1.96. The van der Waals surface area contributed by atoms with Crippen LogP contribution in [-0.2, 0) is 11.3 Å². The number of aliphatic hydroxyl groups excluding tert-OH is 1. The molecule has 0 atom stereocenters. The fraction of sp³-hybridized carbons (Fsp3) is 0.500. The Morgan fingerprint density at radius 1 is 1.69 bits per heavy atom. The summed E-state index contributed by atoms with van der Waals surface area (Å²) in [6.45, 7) is 0.311. The standard InChI is InChI=1S/C8H12N4O4/c13-3-1-2-9-8(14)6-11-5-7(4-10-11)12(15)16/h4-5,13H,1-3,6H2,(H,9,14). The van der Waals surface area contributed by atoms with Crippen molar-refractivity contribution < 1.29 is 14.8 Å². The van der Waals surface area contributed by atoms with Gasteiger partial charge in [-0.1, -0.05) is 0 Å². The van der Waals surface area contributed by atoms with E-state index in [1.54, 1.807) is 0 Å². The Morgan fingerprint density at radius 2 is 2.44 bits per heavy atom. The molecular formula is C8H12N4O4. The molecule has 0 radical (unpaired) electrons. The van der Waals surface area contributed by atoms with Gasteiger partial charge in [-0.25, -0.2) is 0 Å². The van der Waals surface area contributed by atoms with E-state index >= 15 is 0 Å². The summed E-state index contributed by atoms with van der Waals surface area (Å²) in [5, 5.41) is 25.0.